The van der Waals surface area contributed by atoms with Crippen LogP contribution in [-0.2, 0) is 22.3 Å². The predicted octanol–water partition coefficient (Wildman–Crippen LogP) is 4.07. The molecule has 2 N–H and O–H groups in total. The number of rotatable bonds is 5. The molecule has 0 radical (unpaired) electrons. The summed E-state index contributed by atoms with van der Waals surface area (Å²) in [6.07, 6.45) is -3.89. The van der Waals surface area contributed by atoms with Gasteiger partial charge in [-0.15, -0.1) is 5.10 Å². The lowest BCUT2D eigenvalue weighted by Crippen LogP contribution is -2.12. The summed E-state index contributed by atoms with van der Waals surface area (Å²) in [7, 11) is 0. The highest BCUT2D eigenvalue weighted by atomic mass is 19.4. The van der Waals surface area contributed by atoms with Crippen molar-refractivity contribution in [2.45, 2.75) is 32.2 Å². The lowest BCUT2D eigenvalue weighted by molar-refractivity contribution is -0.141. The summed E-state index contributed by atoms with van der Waals surface area (Å²) in [5.74, 6) is 0.399. The van der Waals surface area contributed by atoms with Crippen molar-refractivity contribution >= 4 is 11.6 Å². The number of benzene rings is 1. The molecule has 0 saturated carbocycles. The minimum atomic E-state index is -4.61. The first-order chi connectivity index (χ1) is 16.3. The van der Waals surface area contributed by atoms with Crippen molar-refractivity contribution in [3.8, 4) is 22.4 Å². The summed E-state index contributed by atoms with van der Waals surface area (Å²) in [6, 6.07) is 11.6. The third kappa shape index (κ3) is 4.31. The minimum Gasteiger partial charge on any atom is -0.379 e. The number of halogens is 3. The van der Waals surface area contributed by atoms with Gasteiger partial charge in [0.25, 0.3) is 0 Å². The number of nitrogen functional groups attached to an aromatic ring is 1. The van der Waals surface area contributed by atoms with Crippen LogP contribution in [0.1, 0.15) is 23.6 Å². The molecule has 1 saturated heterocycles. The third-order valence-corrected chi connectivity index (χ3v) is 5.47. The van der Waals surface area contributed by atoms with Gasteiger partial charge in [0.15, 0.2) is 11.5 Å². The molecule has 1 aliphatic rings. The Balaban J connectivity index is 1.70. The topological polar surface area (TPSA) is 100 Å². The van der Waals surface area contributed by atoms with Gasteiger partial charge in [-0.2, -0.15) is 17.7 Å². The Kier molecular flexibility index (Phi) is 5.66. The Morgan fingerprint density at radius 2 is 1.91 bits per heavy atom. The number of anilines is 1. The van der Waals surface area contributed by atoms with Gasteiger partial charge in [-0.1, -0.05) is 30.3 Å². The quantitative estimate of drug-likeness (QED) is 0.469. The third-order valence-electron chi connectivity index (χ3n) is 5.47. The molecule has 0 bridgehead atoms. The van der Waals surface area contributed by atoms with Crippen LogP contribution in [0.2, 0.25) is 0 Å². The van der Waals surface area contributed by atoms with E-state index in [0.717, 1.165) is 12.5 Å². The zero-order valence-corrected chi connectivity index (χ0v) is 18.2. The first-order valence-electron chi connectivity index (χ1n) is 10.7. The summed E-state index contributed by atoms with van der Waals surface area (Å²) in [5.41, 5.74) is 7.41. The van der Waals surface area contributed by atoms with Crippen molar-refractivity contribution < 1.29 is 22.6 Å². The first kappa shape index (κ1) is 22.2. The molecule has 5 rings (SSSR count). The molecule has 0 spiro atoms. The zero-order chi connectivity index (χ0) is 23.9. The second kappa shape index (κ2) is 8.65. The second-order valence-corrected chi connectivity index (χ2v) is 8.00. The number of nitrogens with zero attached hydrogens (tertiary/aromatic N) is 5. The summed E-state index contributed by atoms with van der Waals surface area (Å²) in [4.78, 5) is 12.7. The summed E-state index contributed by atoms with van der Waals surface area (Å²) < 4.78 is 53.1. The number of hydrogen-bond donors (Lipinski definition) is 1. The average Bonchev–Trinajstić information content (AvgIpc) is 3.47. The molecule has 1 fully saturated rings. The Morgan fingerprint density at radius 1 is 1.12 bits per heavy atom. The Morgan fingerprint density at radius 3 is 2.62 bits per heavy atom. The van der Waals surface area contributed by atoms with Crippen LogP contribution in [0.3, 0.4) is 0 Å². The normalized spacial score (nSPS) is 16.4. The smallest absolute Gasteiger partial charge is 0.379 e. The van der Waals surface area contributed by atoms with Gasteiger partial charge in [0, 0.05) is 17.9 Å². The fourth-order valence-electron chi connectivity index (χ4n) is 3.93. The highest BCUT2D eigenvalue weighted by Crippen LogP contribution is 2.37. The monoisotopic (exact) mass is 470 g/mol. The maximum Gasteiger partial charge on any atom is 0.433 e. The number of nitrogens with two attached hydrogens (primary N) is 1. The van der Waals surface area contributed by atoms with Crippen LogP contribution in [0.15, 0.2) is 42.5 Å². The van der Waals surface area contributed by atoms with Crippen LogP contribution in [0.25, 0.3) is 28.0 Å². The molecule has 11 heteroatoms. The standard InChI is InChI=1S/C23H21F3N6O2/c1-13-9-15(10-17(28-13)23(24,25)26)19-20(14-5-3-2-4-6-14)30-22(27)32-21(19)29-18(31-32)12-34-16-7-8-33-11-16/h2-6,9-10,16H,7-8,11-12H2,1H3,(H2,27,30). The molecular weight excluding hydrogens is 449 g/mol. The summed E-state index contributed by atoms with van der Waals surface area (Å²) in [5, 5.41) is 4.40. The SMILES string of the molecule is Cc1cc(-c2c(-c3ccccc3)nc(N)n3nc(COC4CCOC4)nc23)cc(C(F)(F)F)n1. The molecule has 1 aromatic carbocycles. The van der Waals surface area contributed by atoms with Gasteiger partial charge in [0.05, 0.1) is 24.0 Å². The van der Waals surface area contributed by atoms with Crippen molar-refractivity contribution in [2.24, 2.45) is 0 Å². The molecule has 34 heavy (non-hydrogen) atoms. The molecule has 1 aliphatic heterocycles. The van der Waals surface area contributed by atoms with E-state index >= 15 is 0 Å². The van der Waals surface area contributed by atoms with E-state index in [2.05, 4.69) is 20.1 Å². The molecular formula is C23H21F3N6O2. The van der Waals surface area contributed by atoms with Crippen molar-refractivity contribution in [1.29, 1.82) is 0 Å². The molecule has 176 valence electrons. The summed E-state index contributed by atoms with van der Waals surface area (Å²) >= 11 is 0. The second-order valence-electron chi connectivity index (χ2n) is 8.00. The molecule has 1 atom stereocenters. The highest BCUT2D eigenvalue weighted by molar-refractivity contribution is 5.90. The van der Waals surface area contributed by atoms with Gasteiger partial charge in [0.2, 0.25) is 5.95 Å². The predicted molar refractivity (Wildman–Crippen MR) is 118 cm³/mol. The van der Waals surface area contributed by atoms with E-state index < -0.39 is 11.9 Å². The van der Waals surface area contributed by atoms with Crippen molar-refractivity contribution in [3.05, 3.63) is 59.7 Å². The lowest BCUT2D eigenvalue weighted by atomic mass is 9.99. The van der Waals surface area contributed by atoms with Crippen molar-refractivity contribution in [3.63, 3.8) is 0 Å². The van der Waals surface area contributed by atoms with E-state index in [1.54, 1.807) is 18.2 Å². The maximum absolute atomic E-state index is 13.6. The number of aryl methyl sites for hydroxylation is 1. The van der Waals surface area contributed by atoms with E-state index in [1.165, 1.54) is 11.4 Å². The van der Waals surface area contributed by atoms with E-state index in [9.17, 15) is 13.2 Å². The van der Waals surface area contributed by atoms with Crippen LogP contribution < -0.4 is 5.73 Å². The van der Waals surface area contributed by atoms with Gasteiger partial charge in [0.1, 0.15) is 12.3 Å². The fraction of sp³-hybridized carbons (Fsp3) is 0.304. The van der Waals surface area contributed by atoms with Crippen molar-refractivity contribution in [2.75, 3.05) is 18.9 Å². The molecule has 4 heterocycles. The van der Waals surface area contributed by atoms with E-state index in [1.807, 2.05) is 18.2 Å². The van der Waals surface area contributed by atoms with Crippen LogP contribution >= 0.6 is 0 Å². The van der Waals surface area contributed by atoms with Gasteiger partial charge in [-0.25, -0.2) is 15.0 Å². The minimum absolute atomic E-state index is 0.0568. The number of ether oxygens (including phenoxy) is 2. The van der Waals surface area contributed by atoms with E-state index in [4.69, 9.17) is 15.2 Å². The molecule has 0 amide bonds. The maximum atomic E-state index is 13.6. The van der Waals surface area contributed by atoms with Crippen LogP contribution in [0, 0.1) is 6.92 Å². The molecule has 4 aromatic rings. The first-order valence-corrected chi connectivity index (χ1v) is 10.7. The number of aromatic nitrogens is 5. The number of pyridine rings is 1. The number of fused-ring (bicyclic) bond motifs is 1. The zero-order valence-electron chi connectivity index (χ0n) is 18.2. The number of hydrogen-bond acceptors (Lipinski definition) is 7. The summed E-state index contributed by atoms with van der Waals surface area (Å²) in [6.45, 7) is 2.75. The van der Waals surface area contributed by atoms with Gasteiger partial charge in [-0.05, 0) is 31.0 Å². The molecule has 8 nitrogen and oxygen atoms in total. The van der Waals surface area contributed by atoms with Gasteiger partial charge in [-0.3, -0.25) is 0 Å². The highest BCUT2D eigenvalue weighted by Gasteiger charge is 2.34. The van der Waals surface area contributed by atoms with Gasteiger partial charge >= 0.3 is 6.18 Å². The van der Waals surface area contributed by atoms with Crippen molar-refractivity contribution in [1.82, 2.24) is 24.6 Å². The molecule has 3 aromatic heterocycles. The Hall–Kier alpha value is -3.57. The van der Waals surface area contributed by atoms with Crippen LogP contribution in [0.5, 0.6) is 0 Å². The van der Waals surface area contributed by atoms with Crippen LogP contribution in [-0.4, -0.2) is 43.9 Å². The van der Waals surface area contributed by atoms with Crippen LogP contribution in [0.4, 0.5) is 19.1 Å². The fourth-order valence-corrected chi connectivity index (χ4v) is 3.93. The Bertz CT molecular complexity index is 1330. The molecule has 0 aliphatic carbocycles. The van der Waals surface area contributed by atoms with E-state index in [-0.39, 0.29) is 35.6 Å². The Labute approximate surface area is 192 Å². The number of alkyl halides is 3. The molecule has 1 unspecified atom stereocenters. The van der Waals surface area contributed by atoms with Gasteiger partial charge < -0.3 is 15.2 Å². The van der Waals surface area contributed by atoms with E-state index in [0.29, 0.717) is 35.9 Å². The average molecular weight is 470 g/mol. The lowest BCUT2D eigenvalue weighted by Gasteiger charge is -2.14. The largest absolute Gasteiger partial charge is 0.433 e.